The fourth-order valence-electron chi connectivity index (χ4n) is 6.01. The summed E-state index contributed by atoms with van der Waals surface area (Å²) in [4.78, 5) is 25.4. The van der Waals surface area contributed by atoms with E-state index in [4.69, 9.17) is 4.98 Å². The molecule has 6 rings (SSSR count). The van der Waals surface area contributed by atoms with E-state index in [1.54, 1.807) is 17.1 Å². The van der Waals surface area contributed by atoms with Crippen molar-refractivity contribution in [1.82, 2.24) is 29.5 Å². The molecule has 35 heavy (non-hydrogen) atoms. The van der Waals surface area contributed by atoms with Crippen molar-refractivity contribution in [2.75, 3.05) is 18.4 Å². The summed E-state index contributed by atoms with van der Waals surface area (Å²) in [6.45, 7) is 0.684. The van der Waals surface area contributed by atoms with Crippen LogP contribution in [-0.4, -0.2) is 72.1 Å². The third-order valence-electron chi connectivity index (χ3n) is 7.70. The summed E-state index contributed by atoms with van der Waals surface area (Å²) in [5, 5.41) is 16.9. The van der Waals surface area contributed by atoms with Crippen LogP contribution in [0.1, 0.15) is 37.8 Å². The zero-order chi connectivity index (χ0) is 24.4. The molecule has 1 saturated carbocycles. The second-order valence-corrected chi connectivity index (χ2v) is 10.2. The number of anilines is 2. The lowest BCUT2D eigenvalue weighted by Crippen LogP contribution is -2.73. The Morgan fingerprint density at radius 3 is 2.80 bits per heavy atom. The van der Waals surface area contributed by atoms with Crippen LogP contribution in [-0.2, 0) is 11.8 Å². The molecule has 1 aliphatic carbocycles. The topological polar surface area (TPSA) is 103 Å². The minimum absolute atomic E-state index is 0.126. The van der Waals surface area contributed by atoms with Crippen molar-refractivity contribution in [2.24, 2.45) is 13.0 Å². The van der Waals surface area contributed by atoms with Gasteiger partial charge in [0, 0.05) is 51.0 Å². The Morgan fingerprint density at radius 2 is 2.14 bits per heavy atom. The van der Waals surface area contributed by atoms with E-state index >= 15 is 0 Å². The molecule has 0 aromatic carbocycles. The average Bonchev–Trinajstić information content (AvgIpc) is 3.11. The highest BCUT2D eigenvalue weighted by Crippen LogP contribution is 2.52. The summed E-state index contributed by atoms with van der Waals surface area (Å²) in [7, 11) is 1.84. The van der Waals surface area contributed by atoms with Crippen LogP contribution in [0.5, 0.6) is 0 Å². The predicted molar refractivity (Wildman–Crippen MR) is 122 cm³/mol. The minimum Gasteiger partial charge on any atom is -0.338 e. The summed E-state index contributed by atoms with van der Waals surface area (Å²) in [5.74, 6) is -4.02. The van der Waals surface area contributed by atoms with E-state index in [9.17, 15) is 18.8 Å². The van der Waals surface area contributed by atoms with Crippen molar-refractivity contribution in [3.05, 3.63) is 36.4 Å². The molecule has 0 spiro atoms. The first-order valence-electron chi connectivity index (χ1n) is 11.9. The van der Waals surface area contributed by atoms with Gasteiger partial charge in [0.05, 0.1) is 35.6 Å². The van der Waals surface area contributed by atoms with Gasteiger partial charge < -0.3 is 10.2 Å². The summed E-state index contributed by atoms with van der Waals surface area (Å²) in [6, 6.07) is 4.54. The number of aromatic nitrogens is 4. The molecule has 182 valence electrons. The number of hydrogen-bond acceptors (Lipinski definition) is 7. The van der Waals surface area contributed by atoms with Crippen LogP contribution in [0.2, 0.25) is 0 Å². The normalized spacial score (nSPS) is 28.1. The number of aryl methyl sites for hydroxylation is 1. The van der Waals surface area contributed by atoms with E-state index in [2.05, 4.69) is 32.4 Å². The number of nitriles is 1. The standard InChI is InChI=1S/C24H26F2N8O/c1-32-12-16(11-29-32)30-22-28-7-4-20(31-22)15-8-17-2-3-18(9-15)34(17)23(5-6-27)13-33(14-23)21(35)19-10-24(19,25)26/h4,7-8,11-12,17-19H,2-3,5,9-10,13-14H2,1H3,(H,28,30,31). The fourth-order valence-corrected chi connectivity index (χ4v) is 6.01. The van der Waals surface area contributed by atoms with Gasteiger partial charge in [-0.1, -0.05) is 6.08 Å². The number of nitrogens with one attached hydrogen (secondary N) is 1. The Labute approximate surface area is 201 Å². The number of carbonyl (C=O) groups is 1. The summed E-state index contributed by atoms with van der Waals surface area (Å²) >= 11 is 0. The number of amides is 1. The molecule has 11 heteroatoms. The third kappa shape index (κ3) is 3.76. The number of carbonyl (C=O) groups excluding carboxylic acids is 1. The van der Waals surface area contributed by atoms with Gasteiger partial charge in [-0.3, -0.25) is 14.4 Å². The first-order chi connectivity index (χ1) is 16.8. The summed E-state index contributed by atoms with van der Waals surface area (Å²) in [5.41, 5.74) is 2.34. The van der Waals surface area contributed by atoms with E-state index in [0.717, 1.165) is 36.2 Å². The molecule has 5 heterocycles. The van der Waals surface area contributed by atoms with E-state index < -0.39 is 23.3 Å². The lowest BCUT2D eigenvalue weighted by atomic mass is 9.80. The average molecular weight is 481 g/mol. The van der Waals surface area contributed by atoms with Crippen molar-refractivity contribution in [1.29, 1.82) is 5.26 Å². The first-order valence-corrected chi connectivity index (χ1v) is 11.9. The third-order valence-corrected chi connectivity index (χ3v) is 7.70. The Morgan fingerprint density at radius 1 is 1.34 bits per heavy atom. The Hall–Kier alpha value is -3.39. The quantitative estimate of drug-likeness (QED) is 0.678. The number of halogens is 2. The number of likely N-dealkylation sites (tertiary alicyclic amines) is 1. The number of nitrogens with zero attached hydrogens (tertiary/aromatic N) is 7. The molecule has 2 bridgehead atoms. The Bertz CT molecular complexity index is 1240. The van der Waals surface area contributed by atoms with Gasteiger partial charge in [0.2, 0.25) is 11.9 Å². The van der Waals surface area contributed by atoms with Crippen LogP contribution in [0, 0.1) is 17.2 Å². The largest absolute Gasteiger partial charge is 0.338 e. The van der Waals surface area contributed by atoms with Gasteiger partial charge in [-0.25, -0.2) is 18.7 Å². The van der Waals surface area contributed by atoms with E-state index in [1.165, 1.54) is 4.90 Å². The minimum atomic E-state index is -2.87. The highest BCUT2D eigenvalue weighted by Gasteiger charge is 2.65. The van der Waals surface area contributed by atoms with Gasteiger partial charge in [-0.2, -0.15) is 10.4 Å². The van der Waals surface area contributed by atoms with Crippen molar-refractivity contribution in [3.63, 3.8) is 0 Å². The van der Waals surface area contributed by atoms with Crippen LogP contribution in [0.15, 0.2) is 30.7 Å². The summed E-state index contributed by atoms with van der Waals surface area (Å²) < 4.78 is 28.5. The lowest BCUT2D eigenvalue weighted by Gasteiger charge is -2.58. The molecule has 2 saturated heterocycles. The maximum absolute atomic E-state index is 13.4. The molecular weight excluding hydrogens is 454 g/mol. The van der Waals surface area contributed by atoms with Gasteiger partial charge >= 0.3 is 0 Å². The van der Waals surface area contributed by atoms with Gasteiger partial charge in [-0.15, -0.1) is 0 Å². The van der Waals surface area contributed by atoms with Crippen molar-refractivity contribution < 1.29 is 13.6 Å². The monoisotopic (exact) mass is 480 g/mol. The lowest BCUT2D eigenvalue weighted by molar-refractivity contribution is -0.152. The van der Waals surface area contributed by atoms with Gasteiger partial charge in [0.15, 0.2) is 0 Å². The van der Waals surface area contributed by atoms with Crippen molar-refractivity contribution >= 4 is 23.1 Å². The van der Waals surface area contributed by atoms with Gasteiger partial charge in [0.25, 0.3) is 5.92 Å². The zero-order valence-corrected chi connectivity index (χ0v) is 19.4. The van der Waals surface area contributed by atoms with Crippen LogP contribution >= 0.6 is 0 Å². The van der Waals surface area contributed by atoms with E-state index in [1.807, 2.05) is 19.3 Å². The molecule has 3 atom stereocenters. The second-order valence-electron chi connectivity index (χ2n) is 10.2. The molecule has 4 aliphatic rings. The van der Waals surface area contributed by atoms with Crippen LogP contribution in [0.25, 0.3) is 5.57 Å². The molecule has 3 unspecified atom stereocenters. The van der Waals surface area contributed by atoms with E-state index in [0.29, 0.717) is 19.0 Å². The second kappa shape index (κ2) is 7.81. The SMILES string of the molecule is Cn1cc(Nc2nccc(C3=CC4CCC(C3)N4C3(CC#N)CN(C(=O)C4CC4(F)F)C3)n2)cn1. The molecule has 1 amide bonds. The Kier molecular flexibility index (Phi) is 4.93. The molecule has 1 N–H and O–H groups in total. The first kappa shape index (κ1) is 22.1. The zero-order valence-electron chi connectivity index (χ0n) is 19.4. The highest BCUT2D eigenvalue weighted by atomic mass is 19.3. The number of hydrogen-bond donors (Lipinski definition) is 1. The van der Waals surface area contributed by atoms with Crippen LogP contribution in [0.4, 0.5) is 20.4 Å². The number of alkyl halides is 2. The molecule has 3 aliphatic heterocycles. The molecular formula is C24H26F2N8O. The van der Waals surface area contributed by atoms with Crippen LogP contribution in [0.3, 0.4) is 0 Å². The molecule has 3 fully saturated rings. The van der Waals surface area contributed by atoms with E-state index in [-0.39, 0.29) is 24.9 Å². The molecule has 0 radical (unpaired) electrons. The molecule has 9 nitrogen and oxygen atoms in total. The van der Waals surface area contributed by atoms with Crippen molar-refractivity contribution in [3.8, 4) is 6.07 Å². The molecule has 2 aromatic heterocycles. The van der Waals surface area contributed by atoms with Crippen LogP contribution < -0.4 is 5.32 Å². The smallest absolute Gasteiger partial charge is 0.260 e. The van der Waals surface area contributed by atoms with Gasteiger partial charge in [0.1, 0.15) is 5.92 Å². The predicted octanol–water partition coefficient (Wildman–Crippen LogP) is 2.72. The number of fused-ring (bicyclic) bond motifs is 2. The fraction of sp³-hybridized carbons (Fsp3) is 0.542. The Balaban J connectivity index is 1.20. The van der Waals surface area contributed by atoms with Gasteiger partial charge in [-0.05, 0) is 30.9 Å². The van der Waals surface area contributed by atoms with Crippen molar-refractivity contribution in [2.45, 2.75) is 55.6 Å². The number of rotatable bonds is 6. The highest BCUT2D eigenvalue weighted by molar-refractivity contribution is 5.84. The maximum Gasteiger partial charge on any atom is 0.260 e. The molecule has 2 aromatic rings. The summed E-state index contributed by atoms with van der Waals surface area (Å²) in [6.07, 6.45) is 10.2. The maximum atomic E-state index is 13.4.